The molecule has 4 heteroatoms. The van der Waals surface area contributed by atoms with E-state index in [1.54, 1.807) is 18.2 Å². The minimum absolute atomic E-state index is 0.0809. The standard InChI is InChI=1S/C17H20N2O2/c1-11-3-8-15(10-16(11)20)19-17(21)9-12(2)13-4-6-14(18)7-5-13/h3-8,10,12,20H,9,18H2,1-2H3,(H,19,21). The molecule has 0 aliphatic carbocycles. The molecule has 0 saturated heterocycles. The number of hydrogen-bond acceptors (Lipinski definition) is 3. The molecule has 1 atom stereocenters. The molecule has 0 heterocycles. The Labute approximate surface area is 124 Å². The lowest BCUT2D eigenvalue weighted by atomic mass is 9.97. The van der Waals surface area contributed by atoms with Gasteiger partial charge in [0.15, 0.2) is 0 Å². The molecule has 2 aromatic carbocycles. The first kappa shape index (κ1) is 14.9. The minimum Gasteiger partial charge on any atom is -0.508 e. The van der Waals surface area contributed by atoms with Crippen molar-refractivity contribution in [1.29, 1.82) is 0 Å². The molecule has 2 rings (SSSR count). The summed E-state index contributed by atoms with van der Waals surface area (Å²) in [6.07, 6.45) is 0.374. The van der Waals surface area contributed by atoms with Crippen molar-refractivity contribution in [1.82, 2.24) is 0 Å². The van der Waals surface area contributed by atoms with Gasteiger partial charge >= 0.3 is 0 Å². The number of anilines is 2. The van der Waals surface area contributed by atoms with Gasteiger partial charge in [-0.25, -0.2) is 0 Å². The zero-order chi connectivity index (χ0) is 15.4. The van der Waals surface area contributed by atoms with Crippen molar-refractivity contribution in [2.75, 3.05) is 11.1 Å². The summed E-state index contributed by atoms with van der Waals surface area (Å²) in [4.78, 5) is 12.0. The summed E-state index contributed by atoms with van der Waals surface area (Å²) in [6, 6.07) is 12.6. The van der Waals surface area contributed by atoms with Crippen molar-refractivity contribution in [3.63, 3.8) is 0 Å². The number of nitrogens with one attached hydrogen (secondary N) is 1. The van der Waals surface area contributed by atoms with Gasteiger partial charge in [0, 0.05) is 23.9 Å². The number of nitrogens with two attached hydrogens (primary N) is 1. The van der Waals surface area contributed by atoms with Crippen LogP contribution in [0.3, 0.4) is 0 Å². The molecule has 4 nitrogen and oxygen atoms in total. The van der Waals surface area contributed by atoms with Crippen LogP contribution in [0.25, 0.3) is 0 Å². The highest BCUT2D eigenvalue weighted by molar-refractivity contribution is 5.91. The summed E-state index contributed by atoms with van der Waals surface area (Å²) in [6.45, 7) is 3.81. The van der Waals surface area contributed by atoms with Crippen LogP contribution in [0.5, 0.6) is 5.75 Å². The van der Waals surface area contributed by atoms with Gasteiger partial charge in [-0.15, -0.1) is 0 Å². The summed E-state index contributed by atoms with van der Waals surface area (Å²) in [5.41, 5.74) is 8.83. The Balaban J connectivity index is 1.97. The predicted octanol–water partition coefficient (Wildman–Crippen LogP) is 3.42. The first-order valence-electron chi connectivity index (χ1n) is 6.90. The van der Waals surface area contributed by atoms with Crippen LogP contribution >= 0.6 is 0 Å². The van der Waals surface area contributed by atoms with E-state index in [1.807, 2.05) is 38.1 Å². The molecule has 0 radical (unpaired) electrons. The Morgan fingerprint density at radius 3 is 2.52 bits per heavy atom. The monoisotopic (exact) mass is 284 g/mol. The first-order chi connectivity index (χ1) is 9.95. The van der Waals surface area contributed by atoms with E-state index >= 15 is 0 Å². The summed E-state index contributed by atoms with van der Waals surface area (Å²) < 4.78 is 0. The Bertz CT molecular complexity index is 636. The Morgan fingerprint density at radius 2 is 1.90 bits per heavy atom. The number of aromatic hydroxyl groups is 1. The molecule has 0 fully saturated rings. The van der Waals surface area contributed by atoms with Crippen molar-refractivity contribution in [2.45, 2.75) is 26.2 Å². The third-order valence-corrected chi connectivity index (χ3v) is 3.49. The van der Waals surface area contributed by atoms with Crippen LogP contribution in [0.2, 0.25) is 0 Å². The van der Waals surface area contributed by atoms with Crippen LogP contribution in [0.1, 0.15) is 30.4 Å². The van der Waals surface area contributed by atoms with Crippen molar-refractivity contribution < 1.29 is 9.90 Å². The molecular formula is C17H20N2O2. The lowest BCUT2D eigenvalue weighted by Crippen LogP contribution is -2.14. The third-order valence-electron chi connectivity index (χ3n) is 3.49. The van der Waals surface area contributed by atoms with E-state index in [2.05, 4.69) is 5.32 Å². The van der Waals surface area contributed by atoms with Crippen LogP contribution in [-0.2, 0) is 4.79 Å². The number of carbonyl (C=O) groups excluding carboxylic acids is 1. The molecule has 21 heavy (non-hydrogen) atoms. The van der Waals surface area contributed by atoms with Gasteiger partial charge in [-0.2, -0.15) is 0 Å². The minimum atomic E-state index is -0.0809. The largest absolute Gasteiger partial charge is 0.508 e. The number of benzene rings is 2. The highest BCUT2D eigenvalue weighted by Gasteiger charge is 2.12. The van der Waals surface area contributed by atoms with Crippen LogP contribution in [-0.4, -0.2) is 11.0 Å². The lowest BCUT2D eigenvalue weighted by molar-refractivity contribution is -0.116. The van der Waals surface area contributed by atoms with Gasteiger partial charge in [0.2, 0.25) is 5.91 Å². The van der Waals surface area contributed by atoms with Gasteiger partial charge in [-0.1, -0.05) is 25.1 Å². The molecular weight excluding hydrogens is 264 g/mol. The summed E-state index contributed by atoms with van der Waals surface area (Å²) >= 11 is 0. The first-order valence-corrected chi connectivity index (χ1v) is 6.90. The maximum atomic E-state index is 12.0. The summed E-state index contributed by atoms with van der Waals surface area (Å²) in [5.74, 6) is 0.201. The maximum absolute atomic E-state index is 12.0. The van der Waals surface area contributed by atoms with Crippen LogP contribution in [0.15, 0.2) is 42.5 Å². The molecule has 110 valence electrons. The molecule has 1 unspecified atom stereocenters. The number of carbonyl (C=O) groups is 1. The maximum Gasteiger partial charge on any atom is 0.224 e. The second-order valence-corrected chi connectivity index (χ2v) is 5.32. The van der Waals surface area contributed by atoms with Gasteiger partial charge in [-0.05, 0) is 42.2 Å². The summed E-state index contributed by atoms with van der Waals surface area (Å²) in [7, 11) is 0. The van der Waals surface area contributed by atoms with Crippen LogP contribution in [0.4, 0.5) is 11.4 Å². The molecule has 0 aliphatic rings. The van der Waals surface area contributed by atoms with E-state index < -0.39 is 0 Å². The number of amides is 1. The second kappa shape index (κ2) is 6.31. The molecule has 0 bridgehead atoms. The van der Waals surface area contributed by atoms with Crippen molar-refractivity contribution in [3.05, 3.63) is 53.6 Å². The van der Waals surface area contributed by atoms with Crippen molar-refractivity contribution in [2.24, 2.45) is 0 Å². The Hall–Kier alpha value is -2.49. The van der Waals surface area contributed by atoms with Gasteiger partial charge in [0.1, 0.15) is 5.75 Å². The SMILES string of the molecule is Cc1ccc(NC(=O)CC(C)c2ccc(N)cc2)cc1O. The number of rotatable bonds is 4. The third kappa shape index (κ3) is 3.99. The normalized spacial score (nSPS) is 11.9. The van der Waals surface area contributed by atoms with E-state index in [4.69, 9.17) is 5.73 Å². The van der Waals surface area contributed by atoms with E-state index in [-0.39, 0.29) is 17.6 Å². The Morgan fingerprint density at radius 1 is 1.24 bits per heavy atom. The van der Waals surface area contributed by atoms with E-state index in [1.165, 1.54) is 0 Å². The van der Waals surface area contributed by atoms with Gasteiger partial charge < -0.3 is 16.2 Å². The smallest absolute Gasteiger partial charge is 0.224 e. The zero-order valence-electron chi connectivity index (χ0n) is 12.3. The number of aryl methyl sites for hydroxylation is 1. The van der Waals surface area contributed by atoms with E-state index in [9.17, 15) is 9.90 Å². The van der Waals surface area contributed by atoms with Crippen LogP contribution < -0.4 is 11.1 Å². The van der Waals surface area contributed by atoms with E-state index in [0.717, 1.165) is 11.1 Å². The van der Waals surface area contributed by atoms with Crippen molar-refractivity contribution >= 4 is 17.3 Å². The number of phenols is 1. The number of hydrogen-bond donors (Lipinski definition) is 3. The fourth-order valence-electron chi connectivity index (χ4n) is 2.12. The molecule has 0 aliphatic heterocycles. The molecule has 0 spiro atoms. The predicted molar refractivity (Wildman–Crippen MR) is 85.4 cm³/mol. The van der Waals surface area contributed by atoms with Crippen LogP contribution in [0, 0.1) is 6.92 Å². The topological polar surface area (TPSA) is 75.4 Å². The fraction of sp³-hybridized carbons (Fsp3) is 0.235. The van der Waals surface area contributed by atoms with E-state index in [0.29, 0.717) is 17.8 Å². The lowest BCUT2D eigenvalue weighted by Gasteiger charge is -2.13. The van der Waals surface area contributed by atoms with Crippen molar-refractivity contribution in [3.8, 4) is 5.75 Å². The number of nitrogen functional groups attached to an aromatic ring is 1. The molecule has 4 N–H and O–H groups in total. The highest BCUT2D eigenvalue weighted by atomic mass is 16.3. The van der Waals surface area contributed by atoms with Gasteiger partial charge in [0.25, 0.3) is 0 Å². The molecule has 1 amide bonds. The van der Waals surface area contributed by atoms with Gasteiger partial charge in [-0.3, -0.25) is 4.79 Å². The number of phenolic OH excluding ortho intramolecular Hbond substituents is 1. The quantitative estimate of drug-likeness (QED) is 0.753. The highest BCUT2D eigenvalue weighted by Crippen LogP contribution is 2.23. The molecule has 0 saturated carbocycles. The molecule has 0 aromatic heterocycles. The second-order valence-electron chi connectivity index (χ2n) is 5.32. The average Bonchev–Trinajstić information content (AvgIpc) is 2.43. The zero-order valence-corrected chi connectivity index (χ0v) is 12.3. The fourth-order valence-corrected chi connectivity index (χ4v) is 2.12. The Kier molecular flexibility index (Phi) is 4.48. The molecule has 2 aromatic rings. The summed E-state index contributed by atoms with van der Waals surface area (Å²) in [5, 5.41) is 12.4. The van der Waals surface area contributed by atoms with Gasteiger partial charge in [0.05, 0.1) is 0 Å². The average molecular weight is 284 g/mol.